The Kier molecular flexibility index (Phi) is 7.89. The van der Waals surface area contributed by atoms with Crippen LogP contribution in [-0.2, 0) is 21.8 Å². The van der Waals surface area contributed by atoms with Crippen molar-refractivity contribution in [3.05, 3.63) is 71.3 Å². The Morgan fingerprint density at radius 2 is 1.85 bits per heavy atom. The molecular formula is C33H38N2O4S. The molecule has 3 aromatic carbocycles. The van der Waals surface area contributed by atoms with Crippen LogP contribution >= 0.6 is 11.9 Å². The maximum atomic E-state index is 12.8. The maximum absolute atomic E-state index is 12.8. The predicted octanol–water partition coefficient (Wildman–Crippen LogP) is 8.61. The van der Waals surface area contributed by atoms with Crippen LogP contribution in [0.5, 0.6) is 5.75 Å². The molecule has 0 aliphatic carbocycles. The number of fused-ring (bicyclic) bond motifs is 1. The van der Waals surface area contributed by atoms with Crippen LogP contribution in [0, 0.1) is 6.92 Å². The molecule has 40 heavy (non-hydrogen) atoms. The average Bonchev–Trinajstić information content (AvgIpc) is 3.34. The largest absolute Gasteiger partial charge is 0.493 e. The first-order chi connectivity index (χ1) is 19.2. The van der Waals surface area contributed by atoms with E-state index in [9.17, 15) is 9.90 Å². The van der Waals surface area contributed by atoms with Gasteiger partial charge in [-0.25, -0.2) is 4.79 Å². The van der Waals surface area contributed by atoms with Crippen molar-refractivity contribution >= 4 is 34.5 Å². The summed E-state index contributed by atoms with van der Waals surface area (Å²) in [4.78, 5) is 12.8. The van der Waals surface area contributed by atoms with Crippen molar-refractivity contribution in [1.29, 1.82) is 0 Å². The van der Waals surface area contributed by atoms with Crippen molar-refractivity contribution in [2.24, 2.45) is 0 Å². The minimum atomic E-state index is -1.13. The van der Waals surface area contributed by atoms with Gasteiger partial charge in [0.2, 0.25) is 0 Å². The molecule has 2 N–H and O–H groups in total. The molecular weight excluding hydrogens is 520 g/mol. The van der Waals surface area contributed by atoms with E-state index >= 15 is 0 Å². The van der Waals surface area contributed by atoms with Crippen molar-refractivity contribution in [2.75, 3.05) is 11.3 Å². The van der Waals surface area contributed by atoms with E-state index in [1.165, 1.54) is 0 Å². The van der Waals surface area contributed by atoms with Gasteiger partial charge >= 0.3 is 5.97 Å². The van der Waals surface area contributed by atoms with Gasteiger partial charge in [-0.05, 0) is 98.5 Å². The number of carbonyl (C=O) groups is 1. The molecule has 1 aromatic heterocycles. The van der Waals surface area contributed by atoms with E-state index in [1.807, 2.05) is 65.8 Å². The van der Waals surface area contributed by atoms with Crippen LogP contribution in [0.1, 0.15) is 63.8 Å². The van der Waals surface area contributed by atoms with Crippen molar-refractivity contribution < 1.29 is 19.4 Å². The topological polar surface area (TPSA) is 72.7 Å². The van der Waals surface area contributed by atoms with Gasteiger partial charge < -0.3 is 23.9 Å². The summed E-state index contributed by atoms with van der Waals surface area (Å²) in [6, 6.07) is 18.8. The standard InChI is InChI=1S/C31H32N2O4S.C2H6/c1-18-25(29(30(34)35)37-31(2,3)4)26(21-12-13-24-20(15-21)11-8-14-36-24)22-16-23(19-9-6-5-7-10-19)33-17-38-32-27(18)28(22)33;1-2/h5-7,9-10,12-13,15-16,29,32H,8,11,14,17H2,1-4H3,(H,34,35);1-2H3. The Labute approximate surface area is 240 Å². The molecule has 6 nitrogen and oxygen atoms in total. The van der Waals surface area contributed by atoms with Crippen LogP contribution in [0.2, 0.25) is 0 Å². The zero-order valence-electron chi connectivity index (χ0n) is 24.1. The van der Waals surface area contributed by atoms with Crippen LogP contribution in [0.3, 0.4) is 0 Å². The lowest BCUT2D eigenvalue weighted by Crippen LogP contribution is -2.28. The Balaban J connectivity index is 0.00000158. The SMILES string of the molecule is CC.Cc1c(C(OC(C)(C)C)C(=O)O)c(-c2ccc3c(c2)CCCO3)c2cc(-c3ccccc3)n3c2c1NSC3. The van der Waals surface area contributed by atoms with Gasteiger partial charge in [0.05, 0.1) is 35.0 Å². The molecule has 0 spiro atoms. The van der Waals surface area contributed by atoms with Crippen LogP contribution < -0.4 is 9.46 Å². The lowest BCUT2D eigenvalue weighted by atomic mass is 9.86. The second-order valence-corrected chi connectivity index (χ2v) is 11.7. The average molecular weight is 559 g/mol. The smallest absolute Gasteiger partial charge is 0.337 e. The number of nitrogens with one attached hydrogen (secondary N) is 1. The third-order valence-electron chi connectivity index (χ3n) is 7.24. The van der Waals surface area contributed by atoms with Gasteiger partial charge in [0.15, 0.2) is 6.10 Å². The molecule has 4 aromatic rings. The third-order valence-corrected chi connectivity index (χ3v) is 7.98. The number of aromatic nitrogens is 1. The van der Waals surface area contributed by atoms with E-state index in [0.717, 1.165) is 81.2 Å². The molecule has 1 atom stereocenters. The number of anilines is 1. The molecule has 0 saturated heterocycles. The maximum Gasteiger partial charge on any atom is 0.337 e. The molecule has 3 heterocycles. The van der Waals surface area contributed by atoms with Gasteiger partial charge in [-0.2, -0.15) is 0 Å². The zero-order chi connectivity index (χ0) is 28.6. The van der Waals surface area contributed by atoms with E-state index < -0.39 is 17.7 Å². The first-order valence-corrected chi connectivity index (χ1v) is 15.0. The molecule has 1 unspecified atom stereocenters. The summed E-state index contributed by atoms with van der Waals surface area (Å²) < 4.78 is 18.0. The normalized spacial score (nSPS) is 14.8. The summed E-state index contributed by atoms with van der Waals surface area (Å²) in [5.74, 6) is 0.662. The Morgan fingerprint density at radius 1 is 1.10 bits per heavy atom. The number of hydrogen-bond donors (Lipinski definition) is 2. The summed E-state index contributed by atoms with van der Waals surface area (Å²) in [5.41, 5.74) is 8.26. The van der Waals surface area contributed by atoms with Crippen LogP contribution in [0.15, 0.2) is 54.6 Å². The highest BCUT2D eigenvalue weighted by Gasteiger charge is 2.35. The van der Waals surface area contributed by atoms with Crippen LogP contribution in [0.4, 0.5) is 5.69 Å². The molecule has 210 valence electrons. The van der Waals surface area contributed by atoms with Gasteiger partial charge in [0.25, 0.3) is 0 Å². The van der Waals surface area contributed by atoms with Crippen molar-refractivity contribution in [2.45, 2.75) is 72.0 Å². The van der Waals surface area contributed by atoms with Crippen molar-refractivity contribution in [3.8, 4) is 28.1 Å². The van der Waals surface area contributed by atoms with Gasteiger partial charge in [0, 0.05) is 10.9 Å². The summed E-state index contributed by atoms with van der Waals surface area (Å²) >= 11 is 1.61. The molecule has 6 rings (SSSR count). The van der Waals surface area contributed by atoms with Gasteiger partial charge in [0.1, 0.15) is 5.75 Å². The molecule has 0 radical (unpaired) electrons. The molecule has 0 fully saturated rings. The third kappa shape index (κ3) is 5.08. The van der Waals surface area contributed by atoms with Gasteiger partial charge in [-0.15, -0.1) is 0 Å². The van der Waals surface area contributed by atoms with E-state index in [-0.39, 0.29) is 0 Å². The number of hydrogen-bond acceptors (Lipinski definition) is 5. The molecule has 7 heteroatoms. The van der Waals surface area contributed by atoms with Crippen LogP contribution in [-0.4, -0.2) is 27.9 Å². The summed E-state index contributed by atoms with van der Waals surface area (Å²) in [6.07, 6.45) is 0.779. The number of nitrogens with zero attached hydrogens (tertiary/aromatic N) is 1. The second-order valence-electron chi connectivity index (χ2n) is 11.0. The first-order valence-electron chi connectivity index (χ1n) is 14.0. The Bertz CT molecular complexity index is 1550. The Hall–Kier alpha value is -3.42. The zero-order valence-corrected chi connectivity index (χ0v) is 24.9. The summed E-state index contributed by atoms with van der Waals surface area (Å²) in [7, 11) is 0. The number of aliphatic carboxylic acids is 1. The first kappa shape index (κ1) is 28.1. The molecule has 0 saturated carbocycles. The van der Waals surface area contributed by atoms with Crippen molar-refractivity contribution in [3.63, 3.8) is 0 Å². The number of ether oxygens (including phenoxy) is 2. The number of rotatable bonds is 5. The fourth-order valence-electron chi connectivity index (χ4n) is 5.67. The highest BCUT2D eigenvalue weighted by Crippen LogP contribution is 2.49. The lowest BCUT2D eigenvalue weighted by molar-refractivity contribution is -0.160. The fraction of sp³-hybridized carbons (Fsp3) is 0.364. The fourth-order valence-corrected chi connectivity index (χ4v) is 6.53. The monoisotopic (exact) mass is 558 g/mol. The predicted molar refractivity (Wildman–Crippen MR) is 165 cm³/mol. The van der Waals surface area contributed by atoms with Gasteiger partial charge in [-0.3, -0.25) is 0 Å². The van der Waals surface area contributed by atoms with Gasteiger partial charge in [-0.1, -0.05) is 50.2 Å². The van der Waals surface area contributed by atoms with Crippen LogP contribution in [0.25, 0.3) is 33.3 Å². The molecule has 2 aliphatic heterocycles. The molecule has 0 amide bonds. The number of carboxylic acid groups (broad SMARTS) is 1. The Morgan fingerprint density at radius 3 is 2.55 bits per heavy atom. The number of aryl methyl sites for hydroxylation is 1. The quantitative estimate of drug-likeness (QED) is 0.239. The number of benzene rings is 3. The molecule has 0 bridgehead atoms. The minimum absolute atomic E-state index is 0.647. The van der Waals surface area contributed by atoms with E-state index in [4.69, 9.17) is 9.47 Å². The summed E-state index contributed by atoms with van der Waals surface area (Å²) in [6.45, 7) is 12.4. The minimum Gasteiger partial charge on any atom is -0.493 e. The van der Waals surface area contributed by atoms with E-state index in [0.29, 0.717) is 5.56 Å². The van der Waals surface area contributed by atoms with E-state index in [2.05, 4.69) is 39.6 Å². The summed E-state index contributed by atoms with van der Waals surface area (Å²) in [5, 5.41) is 11.5. The van der Waals surface area contributed by atoms with Crippen molar-refractivity contribution in [1.82, 2.24) is 4.57 Å². The lowest BCUT2D eigenvalue weighted by Gasteiger charge is -2.30. The number of carboxylic acids is 1. The van der Waals surface area contributed by atoms with E-state index in [1.54, 1.807) is 11.9 Å². The highest BCUT2D eigenvalue weighted by molar-refractivity contribution is 7.99. The molecule has 2 aliphatic rings. The highest BCUT2D eigenvalue weighted by atomic mass is 32.2. The second kappa shape index (κ2) is 11.2.